The van der Waals surface area contributed by atoms with Gasteiger partial charge in [-0.1, -0.05) is 19.1 Å². The molecular weight excluding hydrogens is 288 g/mol. The number of likely N-dealkylation sites (N-methyl/N-ethyl adjacent to an activating group) is 2. The molecule has 128 valence electrons. The molecule has 0 amide bonds. The van der Waals surface area contributed by atoms with Gasteiger partial charge in [-0.25, -0.2) is 4.99 Å². The molecule has 0 aromatic heterocycles. The third-order valence-corrected chi connectivity index (χ3v) is 4.43. The average Bonchev–Trinajstić information content (AvgIpc) is 3.00. The fourth-order valence-corrected chi connectivity index (χ4v) is 3.16. The van der Waals surface area contributed by atoms with Crippen LogP contribution in [0.2, 0.25) is 0 Å². The minimum absolute atomic E-state index is 0.294. The Labute approximate surface area is 140 Å². The molecular formula is C18H30N4O. The van der Waals surface area contributed by atoms with Gasteiger partial charge in [-0.15, -0.1) is 0 Å². The zero-order valence-electron chi connectivity index (χ0n) is 14.6. The molecule has 1 fully saturated rings. The summed E-state index contributed by atoms with van der Waals surface area (Å²) in [4.78, 5) is 9.53. The molecule has 0 aliphatic carbocycles. The second-order valence-electron chi connectivity index (χ2n) is 6.14. The number of nitrogens with zero attached hydrogens (tertiary/aromatic N) is 3. The molecule has 1 aliphatic rings. The number of phenolic OH excluding ortho intramolecular Hbond substituents is 1. The summed E-state index contributed by atoms with van der Waals surface area (Å²) in [6.45, 7) is 9.17. The lowest BCUT2D eigenvalue weighted by Crippen LogP contribution is -2.45. The number of benzene rings is 1. The Bertz CT molecular complexity index is 500. The number of nitrogens with one attached hydrogen (secondary N) is 1. The van der Waals surface area contributed by atoms with E-state index in [1.54, 1.807) is 12.1 Å². The molecule has 1 saturated heterocycles. The Hall–Kier alpha value is -1.75. The quantitative estimate of drug-likeness (QED) is 0.624. The van der Waals surface area contributed by atoms with Crippen molar-refractivity contribution in [2.24, 2.45) is 4.99 Å². The topological polar surface area (TPSA) is 51.1 Å². The third-order valence-electron chi connectivity index (χ3n) is 4.43. The Kier molecular flexibility index (Phi) is 6.71. The summed E-state index contributed by atoms with van der Waals surface area (Å²) in [5.41, 5.74) is 1.10. The molecule has 1 unspecified atom stereocenters. The molecule has 5 nitrogen and oxygen atoms in total. The van der Waals surface area contributed by atoms with Crippen molar-refractivity contribution in [3.8, 4) is 5.75 Å². The van der Waals surface area contributed by atoms with Crippen molar-refractivity contribution in [2.45, 2.75) is 39.3 Å². The van der Waals surface area contributed by atoms with Crippen molar-refractivity contribution in [1.82, 2.24) is 15.1 Å². The van der Waals surface area contributed by atoms with Gasteiger partial charge >= 0.3 is 0 Å². The molecule has 2 N–H and O–H groups in total. The van der Waals surface area contributed by atoms with Gasteiger partial charge in [0.15, 0.2) is 5.96 Å². The maximum absolute atomic E-state index is 9.35. The molecule has 23 heavy (non-hydrogen) atoms. The predicted octanol–water partition coefficient (Wildman–Crippen LogP) is 2.27. The number of likely N-dealkylation sites (tertiary alicyclic amines) is 1. The maximum Gasteiger partial charge on any atom is 0.194 e. The Morgan fingerprint density at radius 2 is 2.09 bits per heavy atom. The lowest BCUT2D eigenvalue weighted by Gasteiger charge is -2.29. The monoisotopic (exact) mass is 318 g/mol. The number of aliphatic imine (C=N–C) groups is 1. The Balaban J connectivity index is 1.98. The van der Waals surface area contributed by atoms with Gasteiger partial charge < -0.3 is 15.3 Å². The van der Waals surface area contributed by atoms with Crippen LogP contribution in [0.15, 0.2) is 29.3 Å². The highest BCUT2D eigenvalue weighted by Gasteiger charge is 2.24. The zero-order chi connectivity index (χ0) is 16.7. The minimum atomic E-state index is 0.294. The van der Waals surface area contributed by atoms with Crippen molar-refractivity contribution in [2.75, 3.05) is 33.2 Å². The summed E-state index contributed by atoms with van der Waals surface area (Å²) >= 11 is 0. The van der Waals surface area contributed by atoms with Gasteiger partial charge in [0.25, 0.3) is 0 Å². The first-order valence-corrected chi connectivity index (χ1v) is 8.65. The molecule has 1 aromatic rings. The number of hydrogen-bond donors (Lipinski definition) is 2. The molecule has 0 spiro atoms. The summed E-state index contributed by atoms with van der Waals surface area (Å²) in [7, 11) is 2.12. The van der Waals surface area contributed by atoms with Gasteiger partial charge in [0, 0.05) is 26.2 Å². The van der Waals surface area contributed by atoms with E-state index in [4.69, 9.17) is 4.99 Å². The van der Waals surface area contributed by atoms with E-state index in [0.717, 1.165) is 31.2 Å². The molecule has 5 heteroatoms. The van der Waals surface area contributed by atoms with Crippen LogP contribution in [0.25, 0.3) is 0 Å². The second-order valence-corrected chi connectivity index (χ2v) is 6.14. The van der Waals surface area contributed by atoms with E-state index in [1.165, 1.54) is 19.4 Å². The molecule has 1 aromatic carbocycles. The van der Waals surface area contributed by atoms with Crippen LogP contribution >= 0.6 is 0 Å². The van der Waals surface area contributed by atoms with Crippen molar-refractivity contribution >= 4 is 5.96 Å². The highest BCUT2D eigenvalue weighted by Crippen LogP contribution is 2.17. The van der Waals surface area contributed by atoms with Gasteiger partial charge in [0.05, 0.1) is 6.54 Å². The number of aromatic hydroxyl groups is 1. The van der Waals surface area contributed by atoms with Gasteiger partial charge in [-0.05, 0) is 50.6 Å². The van der Waals surface area contributed by atoms with Gasteiger partial charge in [-0.2, -0.15) is 0 Å². The largest absolute Gasteiger partial charge is 0.508 e. The summed E-state index contributed by atoms with van der Waals surface area (Å²) in [6, 6.07) is 7.87. The average molecular weight is 318 g/mol. The smallest absolute Gasteiger partial charge is 0.194 e. The van der Waals surface area contributed by atoms with E-state index in [-0.39, 0.29) is 0 Å². The number of hydrogen-bond acceptors (Lipinski definition) is 3. The van der Waals surface area contributed by atoms with Crippen LogP contribution in [0.5, 0.6) is 5.75 Å². The molecule has 1 heterocycles. The predicted molar refractivity (Wildman–Crippen MR) is 95.8 cm³/mol. The van der Waals surface area contributed by atoms with E-state index in [1.807, 2.05) is 12.1 Å². The second kappa shape index (κ2) is 8.77. The van der Waals surface area contributed by atoms with Crippen molar-refractivity contribution in [1.29, 1.82) is 0 Å². The SMILES string of the molecule is CCNC(=NCc1ccc(O)cc1)N(C)CC1CCCN1CC. The van der Waals surface area contributed by atoms with Crippen LogP contribution < -0.4 is 5.32 Å². The first-order chi connectivity index (χ1) is 11.1. The summed E-state index contributed by atoms with van der Waals surface area (Å²) in [5, 5.41) is 12.7. The first-order valence-electron chi connectivity index (χ1n) is 8.65. The van der Waals surface area contributed by atoms with Crippen LogP contribution in [0.1, 0.15) is 32.3 Å². The van der Waals surface area contributed by atoms with E-state index in [2.05, 4.69) is 36.0 Å². The van der Waals surface area contributed by atoms with E-state index >= 15 is 0 Å². The van der Waals surface area contributed by atoms with Crippen LogP contribution in [0, 0.1) is 0 Å². The minimum Gasteiger partial charge on any atom is -0.508 e. The number of guanidine groups is 1. The van der Waals surface area contributed by atoms with E-state index < -0.39 is 0 Å². The number of phenols is 1. The third kappa shape index (κ3) is 5.13. The zero-order valence-corrected chi connectivity index (χ0v) is 14.6. The molecule has 0 saturated carbocycles. The molecule has 1 atom stereocenters. The molecule has 1 aliphatic heterocycles. The van der Waals surface area contributed by atoms with Gasteiger partial charge in [0.1, 0.15) is 5.75 Å². The van der Waals surface area contributed by atoms with Crippen molar-refractivity contribution < 1.29 is 5.11 Å². The lowest BCUT2D eigenvalue weighted by molar-refractivity contribution is 0.232. The highest BCUT2D eigenvalue weighted by atomic mass is 16.3. The fourth-order valence-electron chi connectivity index (χ4n) is 3.16. The van der Waals surface area contributed by atoms with Gasteiger partial charge in [0.2, 0.25) is 0 Å². The van der Waals surface area contributed by atoms with Crippen LogP contribution in [0.3, 0.4) is 0 Å². The van der Waals surface area contributed by atoms with Gasteiger partial charge in [-0.3, -0.25) is 4.90 Å². The molecule has 0 bridgehead atoms. The highest BCUT2D eigenvalue weighted by molar-refractivity contribution is 5.79. The van der Waals surface area contributed by atoms with Crippen LogP contribution in [-0.2, 0) is 6.54 Å². The first kappa shape index (κ1) is 17.6. The fraction of sp³-hybridized carbons (Fsp3) is 0.611. The van der Waals surface area contributed by atoms with Crippen LogP contribution in [-0.4, -0.2) is 60.1 Å². The van der Waals surface area contributed by atoms with Crippen LogP contribution in [0.4, 0.5) is 0 Å². The summed E-state index contributed by atoms with van der Waals surface area (Å²) in [6.07, 6.45) is 2.57. The van der Waals surface area contributed by atoms with Crippen molar-refractivity contribution in [3.63, 3.8) is 0 Å². The Morgan fingerprint density at radius 3 is 2.74 bits per heavy atom. The Morgan fingerprint density at radius 1 is 1.35 bits per heavy atom. The van der Waals surface area contributed by atoms with Crippen molar-refractivity contribution in [3.05, 3.63) is 29.8 Å². The summed E-state index contributed by atoms with van der Waals surface area (Å²) < 4.78 is 0. The molecule has 0 radical (unpaired) electrons. The lowest BCUT2D eigenvalue weighted by atomic mass is 10.2. The standard InChI is InChI=1S/C18H30N4O/c1-4-19-18(20-13-15-8-10-17(23)11-9-15)21(3)14-16-7-6-12-22(16)5-2/h8-11,16,23H,4-7,12-14H2,1-3H3,(H,19,20). The normalized spacial score (nSPS) is 19.1. The summed E-state index contributed by atoms with van der Waals surface area (Å²) in [5.74, 6) is 1.24. The van der Waals surface area contributed by atoms with E-state index in [9.17, 15) is 5.11 Å². The molecule has 2 rings (SSSR count). The van der Waals surface area contributed by atoms with E-state index in [0.29, 0.717) is 18.3 Å². The maximum atomic E-state index is 9.35. The number of rotatable bonds is 6.